The number of aromatic nitrogens is 3. The van der Waals surface area contributed by atoms with Crippen LogP contribution in [-0.2, 0) is 26.1 Å². The van der Waals surface area contributed by atoms with Gasteiger partial charge < -0.3 is 9.84 Å². The first-order valence-corrected chi connectivity index (χ1v) is 9.42. The van der Waals surface area contributed by atoms with Crippen LogP contribution in [0.3, 0.4) is 0 Å². The van der Waals surface area contributed by atoms with Crippen molar-refractivity contribution in [2.45, 2.75) is 24.3 Å². The van der Waals surface area contributed by atoms with E-state index in [9.17, 15) is 13.2 Å². The van der Waals surface area contributed by atoms with Crippen LogP contribution in [0, 0.1) is 5.92 Å². The zero-order valence-electron chi connectivity index (χ0n) is 13.8. The van der Waals surface area contributed by atoms with Crippen LogP contribution in [0.1, 0.15) is 12.8 Å². The summed E-state index contributed by atoms with van der Waals surface area (Å²) in [4.78, 5) is 11.3. The zero-order valence-corrected chi connectivity index (χ0v) is 14.6. The Labute approximate surface area is 145 Å². The zero-order chi connectivity index (χ0) is 18.0. The fraction of sp³-hybridized carbons (Fsp3) is 0.533. The first kappa shape index (κ1) is 17.8. The Balaban J connectivity index is 1.88. The quantitative estimate of drug-likeness (QED) is 0.792. The number of aliphatic carboxylic acids is 1. The topological polar surface area (TPSA) is 115 Å². The lowest BCUT2D eigenvalue weighted by molar-refractivity contribution is -0.142. The summed E-state index contributed by atoms with van der Waals surface area (Å²) in [5.41, 5.74) is 1.20. The van der Waals surface area contributed by atoms with Gasteiger partial charge in [0.15, 0.2) is 0 Å². The molecule has 1 N–H and O–H groups in total. The van der Waals surface area contributed by atoms with Crippen molar-refractivity contribution in [3.8, 4) is 0 Å². The number of fused-ring (bicyclic) bond motifs is 1. The van der Waals surface area contributed by atoms with Gasteiger partial charge in [0.25, 0.3) is 0 Å². The number of sulfonamides is 1. The maximum absolute atomic E-state index is 12.8. The molecule has 0 spiro atoms. The van der Waals surface area contributed by atoms with E-state index in [0.29, 0.717) is 38.1 Å². The second-order valence-electron chi connectivity index (χ2n) is 6.00. The van der Waals surface area contributed by atoms with Gasteiger partial charge in [-0.25, -0.2) is 13.1 Å². The highest BCUT2D eigenvalue weighted by Crippen LogP contribution is 2.25. The summed E-state index contributed by atoms with van der Waals surface area (Å²) < 4.78 is 33.6. The number of carbonyl (C=O) groups is 1. The van der Waals surface area contributed by atoms with E-state index in [0.717, 1.165) is 5.52 Å². The molecule has 25 heavy (non-hydrogen) atoms. The minimum absolute atomic E-state index is 0.00374. The van der Waals surface area contributed by atoms with Crippen LogP contribution in [0.25, 0.3) is 11.0 Å². The van der Waals surface area contributed by atoms with Gasteiger partial charge in [0.05, 0.1) is 29.5 Å². The molecule has 136 valence electrons. The number of nitrogens with zero attached hydrogens (tertiary/aromatic N) is 4. The lowest BCUT2D eigenvalue weighted by atomic mass is 10.0. The number of benzene rings is 1. The Hall–Kier alpha value is -2.04. The molecule has 0 bridgehead atoms. The van der Waals surface area contributed by atoms with E-state index >= 15 is 0 Å². The molecular weight excluding hydrogens is 348 g/mol. The van der Waals surface area contributed by atoms with E-state index in [1.54, 1.807) is 17.9 Å². The SMILES string of the molecule is COCCn1nnc2cc(S(=O)(=O)N3CCC[C@H](C(=O)O)C3)ccc21. The first-order chi connectivity index (χ1) is 11.9. The standard InChI is InChI=1S/C15H20N4O5S/c1-24-8-7-19-14-5-4-12(9-13(14)16-17-19)25(22,23)18-6-2-3-11(10-18)15(20)21/h4-5,9,11H,2-3,6-8,10H2,1H3,(H,20,21)/t11-/m0/s1. The molecule has 0 radical (unpaired) electrons. The molecule has 1 aromatic carbocycles. The molecule has 1 aromatic heterocycles. The Morgan fingerprint density at radius 2 is 2.24 bits per heavy atom. The van der Waals surface area contributed by atoms with Crippen molar-refractivity contribution in [2.75, 3.05) is 26.8 Å². The molecule has 2 aromatic rings. The maximum Gasteiger partial charge on any atom is 0.307 e. The summed E-state index contributed by atoms with van der Waals surface area (Å²) in [5.74, 6) is -1.63. The van der Waals surface area contributed by atoms with E-state index in [-0.39, 0.29) is 11.4 Å². The average molecular weight is 368 g/mol. The minimum Gasteiger partial charge on any atom is -0.481 e. The molecule has 1 aliphatic rings. The van der Waals surface area contributed by atoms with Crippen LogP contribution in [-0.4, -0.2) is 65.6 Å². The number of piperidine rings is 1. The summed E-state index contributed by atoms with van der Waals surface area (Å²) in [6.45, 7) is 1.31. The Morgan fingerprint density at radius 3 is 2.96 bits per heavy atom. The van der Waals surface area contributed by atoms with Crippen molar-refractivity contribution in [2.24, 2.45) is 5.92 Å². The second-order valence-corrected chi connectivity index (χ2v) is 7.93. The summed E-state index contributed by atoms with van der Waals surface area (Å²) in [6.07, 6.45) is 1.03. The number of ether oxygens (including phenoxy) is 1. The van der Waals surface area contributed by atoms with Gasteiger partial charge in [0.1, 0.15) is 5.52 Å². The summed E-state index contributed by atoms with van der Waals surface area (Å²) in [6, 6.07) is 4.65. The third-order valence-electron chi connectivity index (χ3n) is 4.36. The predicted molar refractivity (Wildman–Crippen MR) is 88.5 cm³/mol. The van der Waals surface area contributed by atoms with E-state index < -0.39 is 21.9 Å². The molecule has 3 rings (SSSR count). The smallest absolute Gasteiger partial charge is 0.307 e. The van der Waals surface area contributed by atoms with Crippen molar-refractivity contribution < 1.29 is 23.1 Å². The molecule has 0 saturated carbocycles. The van der Waals surface area contributed by atoms with Crippen molar-refractivity contribution >= 4 is 27.0 Å². The molecule has 1 fully saturated rings. The van der Waals surface area contributed by atoms with Crippen molar-refractivity contribution in [1.82, 2.24) is 19.3 Å². The highest BCUT2D eigenvalue weighted by molar-refractivity contribution is 7.89. The number of rotatable bonds is 6. The summed E-state index contributed by atoms with van der Waals surface area (Å²) >= 11 is 0. The molecular formula is C15H20N4O5S. The molecule has 0 amide bonds. The molecule has 1 atom stereocenters. The number of hydrogen-bond acceptors (Lipinski definition) is 6. The number of hydrogen-bond donors (Lipinski definition) is 1. The van der Waals surface area contributed by atoms with Crippen molar-refractivity contribution in [3.63, 3.8) is 0 Å². The Bertz CT molecular complexity index is 879. The van der Waals surface area contributed by atoms with Crippen LogP contribution >= 0.6 is 0 Å². The minimum atomic E-state index is -3.76. The van der Waals surface area contributed by atoms with Crippen LogP contribution in [0.15, 0.2) is 23.1 Å². The normalized spacial score (nSPS) is 19.3. The molecule has 1 aliphatic heterocycles. The van der Waals surface area contributed by atoms with E-state index in [4.69, 9.17) is 9.84 Å². The summed E-state index contributed by atoms with van der Waals surface area (Å²) in [5, 5.41) is 17.2. The largest absolute Gasteiger partial charge is 0.481 e. The fourth-order valence-corrected chi connectivity index (χ4v) is 4.51. The first-order valence-electron chi connectivity index (χ1n) is 7.98. The lowest BCUT2D eigenvalue weighted by Crippen LogP contribution is -2.42. The number of methoxy groups -OCH3 is 1. The lowest BCUT2D eigenvalue weighted by Gasteiger charge is -2.29. The average Bonchev–Trinajstić information content (AvgIpc) is 3.02. The van der Waals surface area contributed by atoms with E-state index in [1.165, 1.54) is 16.4 Å². The molecule has 0 aliphatic carbocycles. The van der Waals surface area contributed by atoms with Gasteiger partial charge in [-0.2, -0.15) is 4.31 Å². The molecule has 9 nitrogen and oxygen atoms in total. The van der Waals surface area contributed by atoms with Gasteiger partial charge >= 0.3 is 5.97 Å². The third kappa shape index (κ3) is 3.51. The van der Waals surface area contributed by atoms with Gasteiger partial charge in [0, 0.05) is 20.2 Å². The number of carboxylic acids is 1. The Morgan fingerprint density at radius 1 is 1.44 bits per heavy atom. The second kappa shape index (κ2) is 7.06. The predicted octanol–water partition coefficient (Wildman–Crippen LogP) is 0.563. The van der Waals surface area contributed by atoms with Gasteiger partial charge in [0.2, 0.25) is 10.0 Å². The molecule has 1 saturated heterocycles. The third-order valence-corrected chi connectivity index (χ3v) is 6.22. The van der Waals surface area contributed by atoms with Crippen LogP contribution in [0.4, 0.5) is 0 Å². The number of carboxylic acid groups (broad SMARTS) is 1. The van der Waals surface area contributed by atoms with E-state index in [1.807, 2.05) is 0 Å². The monoisotopic (exact) mass is 368 g/mol. The van der Waals surface area contributed by atoms with Gasteiger partial charge in [-0.3, -0.25) is 4.79 Å². The highest BCUT2D eigenvalue weighted by atomic mass is 32.2. The fourth-order valence-electron chi connectivity index (χ4n) is 2.97. The molecule has 0 unspecified atom stereocenters. The van der Waals surface area contributed by atoms with Crippen LogP contribution in [0.5, 0.6) is 0 Å². The Kier molecular flexibility index (Phi) is 5.02. The van der Waals surface area contributed by atoms with Gasteiger partial charge in [-0.1, -0.05) is 5.21 Å². The van der Waals surface area contributed by atoms with Crippen LogP contribution < -0.4 is 0 Å². The molecule has 10 heteroatoms. The van der Waals surface area contributed by atoms with E-state index in [2.05, 4.69) is 10.3 Å². The maximum atomic E-state index is 12.8. The van der Waals surface area contributed by atoms with Crippen molar-refractivity contribution in [1.29, 1.82) is 0 Å². The van der Waals surface area contributed by atoms with Gasteiger partial charge in [-0.15, -0.1) is 5.10 Å². The summed E-state index contributed by atoms with van der Waals surface area (Å²) in [7, 11) is -2.17. The highest BCUT2D eigenvalue weighted by Gasteiger charge is 2.33. The van der Waals surface area contributed by atoms with Gasteiger partial charge in [-0.05, 0) is 31.0 Å². The molecule has 2 heterocycles. The van der Waals surface area contributed by atoms with Crippen LogP contribution in [0.2, 0.25) is 0 Å². The van der Waals surface area contributed by atoms with Crippen molar-refractivity contribution in [3.05, 3.63) is 18.2 Å².